The van der Waals surface area contributed by atoms with Crippen LogP contribution in [0.15, 0.2) is 42.6 Å². The van der Waals surface area contributed by atoms with Crippen molar-refractivity contribution in [2.75, 3.05) is 27.9 Å². The van der Waals surface area contributed by atoms with Crippen LogP contribution in [0.2, 0.25) is 0 Å². The maximum absolute atomic E-state index is 13.3. The number of ether oxygens (including phenoxy) is 3. The van der Waals surface area contributed by atoms with Crippen LogP contribution >= 0.6 is 0 Å². The second-order valence-corrected chi connectivity index (χ2v) is 8.64. The number of hydrogen-bond donors (Lipinski definition) is 2. The van der Waals surface area contributed by atoms with E-state index in [1.165, 1.54) is 0 Å². The van der Waals surface area contributed by atoms with Crippen molar-refractivity contribution in [2.24, 2.45) is 0 Å². The molecule has 0 bridgehead atoms. The van der Waals surface area contributed by atoms with Crippen molar-refractivity contribution in [3.05, 3.63) is 53.7 Å². The van der Waals surface area contributed by atoms with Crippen LogP contribution in [0.25, 0.3) is 10.9 Å². The first-order valence-electron chi connectivity index (χ1n) is 11.3. The van der Waals surface area contributed by atoms with E-state index in [1.54, 1.807) is 38.4 Å². The summed E-state index contributed by atoms with van der Waals surface area (Å²) >= 11 is 0. The molecule has 2 amide bonds. The second kappa shape index (κ2) is 9.67. The van der Waals surface area contributed by atoms with Gasteiger partial charge < -0.3 is 29.4 Å². The van der Waals surface area contributed by atoms with E-state index in [2.05, 4.69) is 16.4 Å². The lowest BCUT2D eigenvalue weighted by atomic mass is 9.97. The van der Waals surface area contributed by atoms with E-state index in [4.69, 9.17) is 14.2 Å². The van der Waals surface area contributed by atoms with Gasteiger partial charge in [0, 0.05) is 36.6 Å². The standard InChI is InChI=1S/C26H31N3O5/c1-26(25(31)28-15-17-13-21(32-2)24(34-4)22(14-17)33-3)11-9-23(30)29(26)12-10-18-16-27-20-8-6-5-7-19(18)20/h5-8,13-14,16,27H,9-12,15H2,1-4H3,(H,28,31). The Labute approximate surface area is 199 Å². The molecule has 0 aliphatic carbocycles. The molecule has 3 aromatic rings. The van der Waals surface area contributed by atoms with Crippen molar-refractivity contribution >= 4 is 22.7 Å². The summed E-state index contributed by atoms with van der Waals surface area (Å²) in [6.07, 6.45) is 3.50. The number of H-pyrrole nitrogens is 1. The molecule has 0 saturated carbocycles. The first kappa shape index (κ1) is 23.5. The minimum Gasteiger partial charge on any atom is -0.493 e. The number of fused-ring (bicyclic) bond motifs is 1. The van der Waals surface area contributed by atoms with Crippen LogP contribution in [0, 0.1) is 0 Å². The van der Waals surface area contributed by atoms with Crippen LogP contribution < -0.4 is 19.5 Å². The fourth-order valence-corrected chi connectivity index (χ4v) is 4.68. The van der Waals surface area contributed by atoms with Gasteiger partial charge in [-0.15, -0.1) is 0 Å². The van der Waals surface area contributed by atoms with Gasteiger partial charge in [0.25, 0.3) is 0 Å². The summed E-state index contributed by atoms with van der Waals surface area (Å²) in [5, 5.41) is 4.15. The molecule has 2 N–H and O–H groups in total. The number of carbonyl (C=O) groups excluding carboxylic acids is 2. The summed E-state index contributed by atoms with van der Waals surface area (Å²) in [4.78, 5) is 31.0. The molecule has 1 saturated heterocycles. The van der Waals surface area contributed by atoms with Gasteiger partial charge in [0.2, 0.25) is 17.6 Å². The van der Waals surface area contributed by atoms with Crippen molar-refractivity contribution in [1.82, 2.24) is 15.2 Å². The monoisotopic (exact) mass is 465 g/mol. The molecule has 1 aliphatic heterocycles. The Bertz CT molecular complexity index is 1180. The first-order valence-corrected chi connectivity index (χ1v) is 11.3. The minimum absolute atomic E-state index is 0.00489. The van der Waals surface area contributed by atoms with Crippen LogP contribution in [0.3, 0.4) is 0 Å². The Morgan fingerprint density at radius 3 is 2.50 bits per heavy atom. The summed E-state index contributed by atoms with van der Waals surface area (Å²) in [6, 6.07) is 11.7. The predicted molar refractivity (Wildman–Crippen MR) is 129 cm³/mol. The molecular formula is C26H31N3O5. The molecule has 1 aliphatic rings. The quantitative estimate of drug-likeness (QED) is 0.505. The summed E-state index contributed by atoms with van der Waals surface area (Å²) in [7, 11) is 4.65. The van der Waals surface area contributed by atoms with Crippen LogP contribution in [0.5, 0.6) is 17.2 Å². The number of likely N-dealkylation sites (tertiary alicyclic amines) is 1. The molecule has 1 fully saturated rings. The van der Waals surface area contributed by atoms with Gasteiger partial charge in [-0.2, -0.15) is 0 Å². The highest BCUT2D eigenvalue weighted by molar-refractivity contribution is 5.94. The number of methoxy groups -OCH3 is 3. The molecule has 180 valence electrons. The topological polar surface area (TPSA) is 92.9 Å². The van der Waals surface area contributed by atoms with E-state index in [1.807, 2.05) is 31.3 Å². The molecule has 1 atom stereocenters. The molecule has 8 heteroatoms. The van der Waals surface area contributed by atoms with Crippen molar-refractivity contribution in [2.45, 2.75) is 38.3 Å². The molecule has 0 radical (unpaired) electrons. The summed E-state index contributed by atoms with van der Waals surface area (Å²) in [6.45, 7) is 2.60. The third-order valence-corrected chi connectivity index (χ3v) is 6.67. The molecular weight excluding hydrogens is 434 g/mol. The Balaban J connectivity index is 1.46. The number of hydrogen-bond acceptors (Lipinski definition) is 5. The molecule has 2 heterocycles. The van der Waals surface area contributed by atoms with E-state index in [9.17, 15) is 9.59 Å². The third-order valence-electron chi connectivity index (χ3n) is 6.67. The van der Waals surface area contributed by atoms with E-state index in [0.29, 0.717) is 43.1 Å². The van der Waals surface area contributed by atoms with Crippen LogP contribution in [0.1, 0.15) is 30.9 Å². The highest BCUT2D eigenvalue weighted by Crippen LogP contribution is 2.38. The molecule has 34 heavy (non-hydrogen) atoms. The van der Waals surface area contributed by atoms with Crippen LogP contribution in [0.4, 0.5) is 0 Å². The predicted octanol–water partition coefficient (Wildman–Crippen LogP) is 3.43. The number of nitrogens with zero attached hydrogens (tertiary/aromatic N) is 1. The zero-order valence-corrected chi connectivity index (χ0v) is 20.1. The largest absolute Gasteiger partial charge is 0.493 e. The summed E-state index contributed by atoms with van der Waals surface area (Å²) in [5.74, 6) is 1.37. The third kappa shape index (κ3) is 4.27. The van der Waals surface area contributed by atoms with Crippen molar-refractivity contribution in [1.29, 1.82) is 0 Å². The van der Waals surface area contributed by atoms with Gasteiger partial charge in [-0.05, 0) is 49.1 Å². The number of aromatic nitrogens is 1. The van der Waals surface area contributed by atoms with Crippen LogP contribution in [-0.4, -0.2) is 55.1 Å². The normalized spacial score (nSPS) is 17.8. The van der Waals surface area contributed by atoms with Gasteiger partial charge >= 0.3 is 0 Å². The van der Waals surface area contributed by atoms with Gasteiger partial charge in [0.1, 0.15) is 5.54 Å². The van der Waals surface area contributed by atoms with Gasteiger partial charge in [0.05, 0.1) is 21.3 Å². The number of rotatable bonds is 9. The fourth-order valence-electron chi connectivity index (χ4n) is 4.68. The van der Waals surface area contributed by atoms with Crippen molar-refractivity contribution < 1.29 is 23.8 Å². The van der Waals surface area contributed by atoms with E-state index >= 15 is 0 Å². The number of carbonyl (C=O) groups is 2. The number of amides is 2. The number of nitrogens with one attached hydrogen (secondary N) is 2. The Morgan fingerprint density at radius 1 is 1.12 bits per heavy atom. The number of aromatic amines is 1. The average Bonchev–Trinajstić information content (AvgIpc) is 3.41. The molecule has 8 nitrogen and oxygen atoms in total. The van der Waals surface area contributed by atoms with Crippen LogP contribution in [-0.2, 0) is 22.6 Å². The van der Waals surface area contributed by atoms with Crippen molar-refractivity contribution in [3.8, 4) is 17.2 Å². The zero-order valence-electron chi connectivity index (χ0n) is 20.1. The smallest absolute Gasteiger partial charge is 0.245 e. The Kier molecular flexibility index (Phi) is 6.68. The molecule has 0 spiro atoms. The Hall–Kier alpha value is -3.68. The maximum Gasteiger partial charge on any atom is 0.245 e. The minimum atomic E-state index is -0.899. The highest BCUT2D eigenvalue weighted by Gasteiger charge is 2.46. The second-order valence-electron chi connectivity index (χ2n) is 8.64. The van der Waals surface area contributed by atoms with Gasteiger partial charge in [-0.25, -0.2) is 0 Å². The van der Waals surface area contributed by atoms with Crippen molar-refractivity contribution in [3.63, 3.8) is 0 Å². The lowest BCUT2D eigenvalue weighted by Crippen LogP contribution is -2.54. The molecule has 1 unspecified atom stereocenters. The number of benzene rings is 2. The maximum atomic E-state index is 13.3. The van der Waals surface area contributed by atoms with E-state index < -0.39 is 5.54 Å². The fraction of sp³-hybridized carbons (Fsp3) is 0.385. The SMILES string of the molecule is COc1cc(CNC(=O)C2(C)CCC(=O)N2CCc2c[nH]c3ccccc23)cc(OC)c1OC. The average molecular weight is 466 g/mol. The highest BCUT2D eigenvalue weighted by atomic mass is 16.5. The summed E-state index contributed by atoms with van der Waals surface area (Å²) < 4.78 is 16.2. The van der Waals surface area contributed by atoms with Gasteiger partial charge in [-0.3, -0.25) is 9.59 Å². The molecule has 4 rings (SSSR count). The first-order chi connectivity index (χ1) is 16.4. The van der Waals surface area contributed by atoms with Gasteiger partial charge in [-0.1, -0.05) is 18.2 Å². The van der Waals surface area contributed by atoms with E-state index in [-0.39, 0.29) is 18.4 Å². The lowest BCUT2D eigenvalue weighted by molar-refractivity contribution is -0.140. The zero-order chi connectivity index (χ0) is 24.3. The Morgan fingerprint density at radius 2 is 1.82 bits per heavy atom. The molecule has 1 aromatic heterocycles. The number of para-hydroxylation sites is 1. The summed E-state index contributed by atoms with van der Waals surface area (Å²) in [5.41, 5.74) is 2.11. The van der Waals surface area contributed by atoms with E-state index in [0.717, 1.165) is 22.0 Å². The lowest BCUT2D eigenvalue weighted by Gasteiger charge is -2.34. The molecule has 2 aromatic carbocycles. The van der Waals surface area contributed by atoms with Gasteiger partial charge in [0.15, 0.2) is 11.5 Å².